The number of benzene rings is 2. The van der Waals surface area contributed by atoms with E-state index in [2.05, 4.69) is 35.0 Å². The molecular weight excluding hydrogens is 384 g/mol. The van der Waals surface area contributed by atoms with Crippen LogP contribution in [-0.4, -0.2) is 31.2 Å². The van der Waals surface area contributed by atoms with Gasteiger partial charge in [0.1, 0.15) is 5.01 Å². The van der Waals surface area contributed by atoms with E-state index >= 15 is 0 Å². The molecule has 1 N–H and O–H groups in total. The Bertz CT molecular complexity index is 967. The summed E-state index contributed by atoms with van der Waals surface area (Å²) >= 11 is 1.61. The third-order valence-corrected chi connectivity index (χ3v) is 5.59. The Morgan fingerprint density at radius 1 is 1.07 bits per heavy atom. The number of methoxy groups -OCH3 is 2. The van der Waals surface area contributed by atoms with Crippen molar-refractivity contribution in [3.8, 4) is 33.3 Å². The molecule has 1 amide bonds. The molecule has 0 aliphatic rings. The number of aryl methyl sites for hydroxylation is 1. The Labute approximate surface area is 175 Å². The molecule has 152 valence electrons. The lowest BCUT2D eigenvalue weighted by Gasteiger charge is -2.12. The summed E-state index contributed by atoms with van der Waals surface area (Å²) < 4.78 is 10.7. The molecule has 3 rings (SSSR count). The molecule has 0 saturated heterocycles. The van der Waals surface area contributed by atoms with Crippen molar-refractivity contribution in [2.45, 2.75) is 32.7 Å². The molecule has 0 fully saturated rings. The molecule has 3 aromatic rings. The largest absolute Gasteiger partial charge is 0.493 e. The predicted molar refractivity (Wildman–Crippen MR) is 118 cm³/mol. The zero-order chi connectivity index (χ0) is 20.8. The maximum Gasteiger partial charge on any atom is 0.217 e. The molecule has 0 saturated carbocycles. The third-order valence-electron chi connectivity index (χ3n) is 4.70. The predicted octanol–water partition coefficient (Wildman–Crippen LogP) is 4.95. The number of thiazole rings is 1. The van der Waals surface area contributed by atoms with Crippen molar-refractivity contribution < 1.29 is 14.3 Å². The smallest absolute Gasteiger partial charge is 0.217 e. The van der Waals surface area contributed by atoms with Crippen LogP contribution in [-0.2, 0) is 11.2 Å². The molecule has 2 aromatic carbocycles. The fraction of sp³-hybridized carbons (Fsp3) is 0.304. The number of ether oxygens (including phenoxy) is 2. The summed E-state index contributed by atoms with van der Waals surface area (Å²) in [5.74, 6) is 1.41. The summed E-state index contributed by atoms with van der Waals surface area (Å²) in [6.45, 7) is 3.58. The lowest BCUT2D eigenvalue weighted by atomic mass is 10.0. The molecule has 0 spiro atoms. The number of nitrogens with zero attached hydrogens (tertiary/aromatic N) is 1. The highest BCUT2D eigenvalue weighted by Crippen LogP contribution is 2.35. The Balaban J connectivity index is 1.70. The van der Waals surface area contributed by atoms with Crippen molar-refractivity contribution in [3.05, 3.63) is 53.4 Å². The van der Waals surface area contributed by atoms with Crippen molar-refractivity contribution in [2.24, 2.45) is 0 Å². The fourth-order valence-corrected chi connectivity index (χ4v) is 3.98. The summed E-state index contributed by atoms with van der Waals surface area (Å²) in [4.78, 5) is 15.9. The van der Waals surface area contributed by atoms with E-state index in [9.17, 15) is 4.79 Å². The highest BCUT2D eigenvalue weighted by atomic mass is 32.1. The van der Waals surface area contributed by atoms with Crippen LogP contribution in [0.3, 0.4) is 0 Å². The van der Waals surface area contributed by atoms with Crippen LogP contribution in [0.2, 0.25) is 0 Å². The molecular formula is C23H26N2O3S. The van der Waals surface area contributed by atoms with Gasteiger partial charge in [-0.3, -0.25) is 4.79 Å². The summed E-state index contributed by atoms with van der Waals surface area (Å²) in [5.41, 5.74) is 4.30. The molecule has 1 heterocycles. The van der Waals surface area contributed by atoms with Crippen molar-refractivity contribution in [1.29, 1.82) is 0 Å². The Hall–Kier alpha value is -2.86. The number of aromatic nitrogens is 1. The number of rotatable bonds is 8. The van der Waals surface area contributed by atoms with Crippen molar-refractivity contribution in [3.63, 3.8) is 0 Å². The second-order valence-electron chi connectivity index (χ2n) is 6.94. The number of carbonyl (C=O) groups is 1. The first kappa shape index (κ1) is 20.9. The van der Waals surface area contributed by atoms with Crippen LogP contribution in [0, 0.1) is 0 Å². The van der Waals surface area contributed by atoms with Gasteiger partial charge in [0, 0.05) is 29.5 Å². The minimum absolute atomic E-state index is 0.0154. The molecule has 0 aliphatic carbocycles. The van der Waals surface area contributed by atoms with Crippen LogP contribution in [0.15, 0.2) is 47.8 Å². The highest BCUT2D eigenvalue weighted by Gasteiger charge is 2.11. The van der Waals surface area contributed by atoms with Crippen LogP contribution in [0.1, 0.15) is 25.8 Å². The first-order valence-corrected chi connectivity index (χ1v) is 10.4. The van der Waals surface area contributed by atoms with Crippen molar-refractivity contribution in [1.82, 2.24) is 10.3 Å². The van der Waals surface area contributed by atoms with Gasteiger partial charge in [-0.25, -0.2) is 4.98 Å². The SMILES string of the molecule is COc1ccc(-c2nc(-c3ccc(CC[C@@H](C)NC(C)=O)cc3)cs2)cc1OC. The minimum atomic E-state index is 0.0154. The van der Waals surface area contributed by atoms with Crippen LogP contribution >= 0.6 is 11.3 Å². The Kier molecular flexibility index (Phi) is 6.88. The zero-order valence-corrected chi connectivity index (χ0v) is 18.0. The van der Waals surface area contributed by atoms with Gasteiger partial charge >= 0.3 is 0 Å². The Morgan fingerprint density at radius 3 is 2.41 bits per heavy atom. The monoisotopic (exact) mass is 410 g/mol. The van der Waals surface area contributed by atoms with Gasteiger partial charge in [-0.05, 0) is 43.5 Å². The normalized spacial score (nSPS) is 11.7. The van der Waals surface area contributed by atoms with Gasteiger partial charge in [0.05, 0.1) is 19.9 Å². The number of nitrogens with one attached hydrogen (secondary N) is 1. The molecule has 6 heteroatoms. The van der Waals surface area contributed by atoms with E-state index in [1.54, 1.807) is 32.5 Å². The quantitative estimate of drug-likeness (QED) is 0.571. The van der Waals surface area contributed by atoms with E-state index in [1.165, 1.54) is 5.56 Å². The minimum Gasteiger partial charge on any atom is -0.493 e. The average molecular weight is 411 g/mol. The summed E-state index contributed by atoms with van der Waals surface area (Å²) in [6.07, 6.45) is 1.84. The maximum absolute atomic E-state index is 11.1. The van der Waals surface area contributed by atoms with Crippen molar-refractivity contribution in [2.75, 3.05) is 14.2 Å². The number of carbonyl (C=O) groups excluding carboxylic acids is 1. The van der Waals surface area contributed by atoms with Gasteiger partial charge in [0.15, 0.2) is 11.5 Å². The van der Waals surface area contributed by atoms with E-state index in [4.69, 9.17) is 14.5 Å². The zero-order valence-electron chi connectivity index (χ0n) is 17.2. The fourth-order valence-electron chi connectivity index (χ4n) is 3.15. The molecule has 1 atom stereocenters. The maximum atomic E-state index is 11.1. The lowest BCUT2D eigenvalue weighted by molar-refractivity contribution is -0.119. The van der Waals surface area contributed by atoms with Crippen molar-refractivity contribution >= 4 is 17.2 Å². The third kappa shape index (κ3) is 5.35. The molecule has 5 nitrogen and oxygen atoms in total. The number of amides is 1. The van der Waals surface area contributed by atoms with Gasteiger partial charge in [-0.1, -0.05) is 24.3 Å². The number of hydrogen-bond acceptors (Lipinski definition) is 5. The van der Waals surface area contributed by atoms with E-state index < -0.39 is 0 Å². The average Bonchev–Trinajstić information content (AvgIpc) is 3.22. The standard InChI is InChI=1S/C23H26N2O3S/c1-15(24-16(2)26)5-6-17-7-9-18(10-8-17)20-14-29-23(25-20)19-11-12-21(27-3)22(13-19)28-4/h7-15H,5-6H2,1-4H3,(H,24,26)/t15-/m1/s1. The lowest BCUT2D eigenvalue weighted by Crippen LogP contribution is -2.30. The molecule has 0 bridgehead atoms. The van der Waals surface area contributed by atoms with Gasteiger partial charge in [-0.15, -0.1) is 11.3 Å². The van der Waals surface area contributed by atoms with Crippen LogP contribution in [0.25, 0.3) is 21.8 Å². The van der Waals surface area contributed by atoms with Crippen LogP contribution < -0.4 is 14.8 Å². The summed E-state index contributed by atoms with van der Waals surface area (Å²) in [7, 11) is 3.26. The van der Waals surface area contributed by atoms with Gasteiger partial charge in [-0.2, -0.15) is 0 Å². The van der Waals surface area contributed by atoms with Gasteiger partial charge in [0.2, 0.25) is 5.91 Å². The first-order valence-electron chi connectivity index (χ1n) is 9.54. The summed E-state index contributed by atoms with van der Waals surface area (Å²) in [5, 5.41) is 5.93. The first-order chi connectivity index (χ1) is 14.0. The molecule has 0 aliphatic heterocycles. The van der Waals surface area contributed by atoms with Crippen LogP contribution in [0.4, 0.5) is 0 Å². The highest BCUT2D eigenvalue weighted by molar-refractivity contribution is 7.13. The van der Waals surface area contributed by atoms with E-state index in [1.807, 2.05) is 25.1 Å². The summed E-state index contributed by atoms with van der Waals surface area (Å²) in [6, 6.07) is 14.5. The Morgan fingerprint density at radius 2 is 1.76 bits per heavy atom. The molecule has 1 aromatic heterocycles. The van der Waals surface area contributed by atoms with E-state index in [0.29, 0.717) is 11.5 Å². The second-order valence-corrected chi connectivity index (χ2v) is 7.80. The second kappa shape index (κ2) is 9.56. The molecule has 0 unspecified atom stereocenters. The van der Waals surface area contributed by atoms with E-state index in [0.717, 1.165) is 34.7 Å². The van der Waals surface area contributed by atoms with E-state index in [-0.39, 0.29) is 11.9 Å². The number of hydrogen-bond donors (Lipinski definition) is 1. The van der Waals surface area contributed by atoms with Crippen LogP contribution in [0.5, 0.6) is 11.5 Å². The topological polar surface area (TPSA) is 60.5 Å². The molecule has 29 heavy (non-hydrogen) atoms. The van der Waals surface area contributed by atoms with Gasteiger partial charge in [0.25, 0.3) is 0 Å². The molecule has 0 radical (unpaired) electrons. The van der Waals surface area contributed by atoms with Gasteiger partial charge < -0.3 is 14.8 Å².